The van der Waals surface area contributed by atoms with Crippen LogP contribution in [0.1, 0.15) is 27.2 Å². The number of rotatable bonds is 10. The third-order valence-corrected chi connectivity index (χ3v) is 2.22. The fourth-order valence-corrected chi connectivity index (χ4v) is 1.23. The van der Waals surface area contributed by atoms with Crippen LogP contribution in [0, 0.1) is 0 Å². The Hall–Kier alpha value is -0.650. The summed E-state index contributed by atoms with van der Waals surface area (Å²) < 4.78 is 10.3. The van der Waals surface area contributed by atoms with E-state index in [-0.39, 0.29) is 5.91 Å². The Morgan fingerprint density at radius 1 is 1.18 bits per heavy atom. The Morgan fingerprint density at radius 2 is 1.88 bits per heavy atom. The highest BCUT2D eigenvalue weighted by atomic mass is 16.5. The van der Waals surface area contributed by atoms with Gasteiger partial charge in [-0.05, 0) is 13.3 Å². The number of hydrogen-bond donors (Lipinski definition) is 2. The number of amides is 1. The van der Waals surface area contributed by atoms with Gasteiger partial charge in [-0.2, -0.15) is 0 Å². The molecule has 1 amide bonds. The highest BCUT2D eigenvalue weighted by molar-refractivity contribution is 5.80. The molecule has 0 spiro atoms. The number of ether oxygens (including phenoxy) is 2. The molecule has 0 bridgehead atoms. The van der Waals surface area contributed by atoms with Gasteiger partial charge in [0.05, 0.1) is 6.61 Å². The maximum absolute atomic E-state index is 11.5. The Balaban J connectivity index is 3.47. The van der Waals surface area contributed by atoms with E-state index in [0.717, 1.165) is 13.0 Å². The van der Waals surface area contributed by atoms with Crippen molar-refractivity contribution < 1.29 is 14.3 Å². The van der Waals surface area contributed by atoms with Crippen molar-refractivity contribution in [3.05, 3.63) is 0 Å². The van der Waals surface area contributed by atoms with Gasteiger partial charge in [0.15, 0.2) is 0 Å². The zero-order chi connectivity index (χ0) is 13.1. The molecule has 1 unspecified atom stereocenters. The Bertz CT molecular complexity index is 198. The lowest BCUT2D eigenvalue weighted by molar-refractivity contribution is -0.131. The summed E-state index contributed by atoms with van der Waals surface area (Å²) in [5.41, 5.74) is 0. The summed E-state index contributed by atoms with van der Waals surface area (Å²) in [5, 5.41) is 6.03. The largest absolute Gasteiger partial charge is 0.385 e. The second-order valence-electron chi connectivity index (χ2n) is 4.26. The summed E-state index contributed by atoms with van der Waals surface area (Å²) in [6, 6.07) is 0.441. The SMILES string of the molecule is COCCCNC(=O)C(C)OCCNC(C)C. The van der Waals surface area contributed by atoms with E-state index in [1.807, 2.05) is 0 Å². The van der Waals surface area contributed by atoms with Gasteiger partial charge in [0.2, 0.25) is 5.91 Å². The molecule has 17 heavy (non-hydrogen) atoms. The molecule has 102 valence electrons. The van der Waals surface area contributed by atoms with E-state index in [2.05, 4.69) is 24.5 Å². The quantitative estimate of drug-likeness (QED) is 0.552. The van der Waals surface area contributed by atoms with Crippen LogP contribution in [0.3, 0.4) is 0 Å². The number of methoxy groups -OCH3 is 1. The maximum atomic E-state index is 11.5. The van der Waals surface area contributed by atoms with Crippen molar-refractivity contribution in [1.29, 1.82) is 0 Å². The van der Waals surface area contributed by atoms with Crippen LogP contribution in [-0.2, 0) is 14.3 Å². The molecule has 0 heterocycles. The third kappa shape index (κ3) is 10.2. The molecular weight excluding hydrogens is 220 g/mol. The fourth-order valence-electron chi connectivity index (χ4n) is 1.23. The maximum Gasteiger partial charge on any atom is 0.248 e. The smallest absolute Gasteiger partial charge is 0.248 e. The summed E-state index contributed by atoms with van der Waals surface area (Å²) >= 11 is 0. The molecule has 2 N–H and O–H groups in total. The first-order chi connectivity index (χ1) is 8.07. The first-order valence-corrected chi connectivity index (χ1v) is 6.19. The summed E-state index contributed by atoms with van der Waals surface area (Å²) in [5.74, 6) is -0.0642. The first kappa shape index (κ1) is 16.4. The van der Waals surface area contributed by atoms with E-state index < -0.39 is 6.10 Å². The predicted octanol–water partition coefficient (Wildman–Crippen LogP) is 0.542. The molecule has 5 heteroatoms. The van der Waals surface area contributed by atoms with E-state index in [9.17, 15) is 4.79 Å². The molecule has 0 fully saturated rings. The van der Waals surface area contributed by atoms with Gasteiger partial charge in [-0.3, -0.25) is 4.79 Å². The standard InChI is InChI=1S/C12H26N2O3/c1-10(2)13-7-9-17-11(3)12(15)14-6-5-8-16-4/h10-11,13H,5-9H2,1-4H3,(H,14,15). The van der Waals surface area contributed by atoms with Gasteiger partial charge in [0.1, 0.15) is 6.10 Å². The van der Waals surface area contributed by atoms with Gasteiger partial charge in [0.25, 0.3) is 0 Å². The van der Waals surface area contributed by atoms with Crippen LogP contribution in [0.4, 0.5) is 0 Å². The van der Waals surface area contributed by atoms with Crippen LogP contribution in [0.2, 0.25) is 0 Å². The zero-order valence-corrected chi connectivity index (χ0v) is 11.4. The van der Waals surface area contributed by atoms with Crippen LogP contribution in [0.5, 0.6) is 0 Å². The van der Waals surface area contributed by atoms with Crippen molar-refractivity contribution in [1.82, 2.24) is 10.6 Å². The minimum atomic E-state index is -0.397. The average Bonchev–Trinajstić information content (AvgIpc) is 2.29. The lowest BCUT2D eigenvalue weighted by atomic mass is 10.3. The minimum Gasteiger partial charge on any atom is -0.385 e. The number of hydrogen-bond acceptors (Lipinski definition) is 4. The number of carbonyl (C=O) groups excluding carboxylic acids is 1. The van der Waals surface area contributed by atoms with Gasteiger partial charge in [-0.25, -0.2) is 0 Å². The van der Waals surface area contributed by atoms with Crippen molar-refractivity contribution >= 4 is 5.91 Å². The molecule has 5 nitrogen and oxygen atoms in total. The average molecular weight is 246 g/mol. The summed E-state index contributed by atoms with van der Waals surface area (Å²) in [6.45, 7) is 8.52. The molecule has 0 aromatic rings. The molecule has 0 aliphatic heterocycles. The fraction of sp³-hybridized carbons (Fsp3) is 0.917. The van der Waals surface area contributed by atoms with Gasteiger partial charge in [0, 0.05) is 32.8 Å². The Morgan fingerprint density at radius 3 is 2.47 bits per heavy atom. The van der Waals surface area contributed by atoms with E-state index in [0.29, 0.717) is 25.8 Å². The topological polar surface area (TPSA) is 59.6 Å². The van der Waals surface area contributed by atoms with Crippen molar-refractivity contribution in [2.24, 2.45) is 0 Å². The second-order valence-corrected chi connectivity index (χ2v) is 4.26. The van der Waals surface area contributed by atoms with Crippen molar-refractivity contribution in [2.45, 2.75) is 39.3 Å². The van der Waals surface area contributed by atoms with Crippen LogP contribution >= 0.6 is 0 Å². The zero-order valence-electron chi connectivity index (χ0n) is 11.4. The summed E-state index contributed by atoms with van der Waals surface area (Å²) in [6.07, 6.45) is 0.427. The molecule has 0 aliphatic carbocycles. The Labute approximate surface area is 104 Å². The minimum absolute atomic E-state index is 0.0642. The van der Waals surface area contributed by atoms with Gasteiger partial charge >= 0.3 is 0 Å². The Kier molecular flexibility index (Phi) is 10.1. The first-order valence-electron chi connectivity index (χ1n) is 6.19. The summed E-state index contributed by atoms with van der Waals surface area (Å²) in [4.78, 5) is 11.5. The van der Waals surface area contributed by atoms with Crippen molar-refractivity contribution in [3.8, 4) is 0 Å². The van der Waals surface area contributed by atoms with E-state index >= 15 is 0 Å². The molecular formula is C12H26N2O3. The lowest BCUT2D eigenvalue weighted by Crippen LogP contribution is -2.37. The molecule has 0 aliphatic rings. The predicted molar refractivity (Wildman–Crippen MR) is 68.1 cm³/mol. The monoisotopic (exact) mass is 246 g/mol. The van der Waals surface area contributed by atoms with Crippen LogP contribution in [-0.4, -0.2) is 51.5 Å². The van der Waals surface area contributed by atoms with Crippen LogP contribution in [0.15, 0.2) is 0 Å². The van der Waals surface area contributed by atoms with E-state index in [1.165, 1.54) is 0 Å². The third-order valence-electron chi connectivity index (χ3n) is 2.22. The highest BCUT2D eigenvalue weighted by Crippen LogP contribution is 1.91. The molecule has 0 aromatic heterocycles. The van der Waals surface area contributed by atoms with E-state index in [4.69, 9.17) is 9.47 Å². The molecule has 0 saturated heterocycles. The van der Waals surface area contributed by atoms with Crippen molar-refractivity contribution in [2.75, 3.05) is 33.4 Å². The molecule has 0 rings (SSSR count). The molecule has 0 aromatic carbocycles. The normalized spacial score (nSPS) is 12.8. The lowest BCUT2D eigenvalue weighted by Gasteiger charge is -2.14. The van der Waals surface area contributed by atoms with Gasteiger partial charge in [-0.1, -0.05) is 13.8 Å². The highest BCUT2D eigenvalue weighted by Gasteiger charge is 2.11. The molecule has 1 atom stereocenters. The number of carbonyl (C=O) groups is 1. The van der Waals surface area contributed by atoms with Crippen LogP contribution < -0.4 is 10.6 Å². The van der Waals surface area contributed by atoms with Gasteiger partial charge in [-0.15, -0.1) is 0 Å². The number of nitrogens with one attached hydrogen (secondary N) is 2. The van der Waals surface area contributed by atoms with Crippen LogP contribution in [0.25, 0.3) is 0 Å². The molecule has 0 saturated carbocycles. The van der Waals surface area contributed by atoms with Gasteiger partial charge < -0.3 is 20.1 Å². The van der Waals surface area contributed by atoms with E-state index in [1.54, 1.807) is 14.0 Å². The summed E-state index contributed by atoms with van der Waals surface area (Å²) in [7, 11) is 1.65. The molecule has 0 radical (unpaired) electrons. The van der Waals surface area contributed by atoms with Crippen molar-refractivity contribution in [3.63, 3.8) is 0 Å². The second kappa shape index (κ2) is 10.5.